The fraction of sp³-hybridized carbons (Fsp3) is 0.111. The molecule has 78 valence electrons. The van der Waals surface area contributed by atoms with E-state index in [1.54, 1.807) is 0 Å². The highest BCUT2D eigenvalue weighted by Crippen LogP contribution is 2.33. The first-order valence-electron chi connectivity index (χ1n) is 4.12. The summed E-state index contributed by atoms with van der Waals surface area (Å²) in [6.07, 6.45) is -1.69. The van der Waals surface area contributed by atoms with Crippen molar-refractivity contribution in [2.45, 2.75) is 6.18 Å². The average Bonchev–Trinajstić information content (AvgIpc) is 2.69. The highest BCUT2D eigenvalue weighted by atomic mass is 19.4. The number of halogens is 3. The van der Waals surface area contributed by atoms with Gasteiger partial charge in [-0.15, -0.1) is 5.10 Å². The molecule has 0 atom stereocenters. The molecule has 0 radical (unpaired) electrons. The minimum atomic E-state index is -4.39. The van der Waals surface area contributed by atoms with Crippen molar-refractivity contribution < 1.29 is 13.2 Å². The minimum absolute atomic E-state index is 0.0255. The van der Waals surface area contributed by atoms with Gasteiger partial charge in [0, 0.05) is 0 Å². The number of nitrogens with zero attached hydrogens (tertiary/aromatic N) is 3. The van der Waals surface area contributed by atoms with Crippen molar-refractivity contribution >= 4 is 0 Å². The summed E-state index contributed by atoms with van der Waals surface area (Å²) < 4.78 is 38.8. The smallest absolute Gasteiger partial charge is 0.220 e. The van der Waals surface area contributed by atoms with E-state index < -0.39 is 11.7 Å². The van der Waals surface area contributed by atoms with Gasteiger partial charge in [0.2, 0.25) is 0 Å². The van der Waals surface area contributed by atoms with Crippen molar-refractivity contribution in [3.05, 3.63) is 42.2 Å². The molecule has 15 heavy (non-hydrogen) atoms. The molecule has 1 aromatic carbocycles. The van der Waals surface area contributed by atoms with Gasteiger partial charge in [-0.1, -0.05) is 17.3 Å². The number of aromatic nitrogens is 3. The topological polar surface area (TPSA) is 30.7 Å². The lowest BCUT2D eigenvalue weighted by Crippen LogP contribution is -2.10. The predicted molar refractivity (Wildman–Crippen MR) is 46.4 cm³/mol. The molecule has 0 spiro atoms. The quantitative estimate of drug-likeness (QED) is 0.727. The number of hydrogen-bond donors (Lipinski definition) is 0. The van der Waals surface area contributed by atoms with Crippen molar-refractivity contribution in [2.75, 3.05) is 0 Å². The molecule has 0 saturated carbocycles. The van der Waals surface area contributed by atoms with Crippen LogP contribution < -0.4 is 0 Å². The molecular formula is C9H6F3N3. The lowest BCUT2D eigenvalue weighted by Gasteiger charge is -2.11. The van der Waals surface area contributed by atoms with Gasteiger partial charge in [0.25, 0.3) is 0 Å². The zero-order chi connectivity index (χ0) is 10.9. The molecule has 3 nitrogen and oxygen atoms in total. The maximum Gasteiger partial charge on any atom is 0.418 e. The Morgan fingerprint density at radius 1 is 1.13 bits per heavy atom. The van der Waals surface area contributed by atoms with Gasteiger partial charge in [-0.3, -0.25) is 0 Å². The second-order valence-electron chi connectivity index (χ2n) is 2.86. The van der Waals surface area contributed by atoms with Crippen molar-refractivity contribution in [3.63, 3.8) is 0 Å². The van der Waals surface area contributed by atoms with Crippen LogP contribution >= 0.6 is 0 Å². The average molecular weight is 213 g/mol. The SMILES string of the molecule is FC(F)(F)c1ccccc1-n1ccnn1. The summed E-state index contributed by atoms with van der Waals surface area (Å²) in [5, 5.41) is 6.99. The van der Waals surface area contributed by atoms with Crippen molar-refractivity contribution in [1.29, 1.82) is 0 Å². The summed E-state index contributed by atoms with van der Waals surface area (Å²) in [5.74, 6) is 0. The second kappa shape index (κ2) is 3.38. The molecule has 0 bridgehead atoms. The molecular weight excluding hydrogens is 207 g/mol. The maximum atomic E-state index is 12.6. The molecule has 0 fully saturated rings. The van der Waals surface area contributed by atoms with Gasteiger partial charge >= 0.3 is 6.18 Å². The standard InChI is InChI=1S/C9H6F3N3/c10-9(11,12)7-3-1-2-4-8(7)15-6-5-13-14-15/h1-6H. The molecule has 0 saturated heterocycles. The second-order valence-corrected chi connectivity index (χ2v) is 2.86. The van der Waals surface area contributed by atoms with Crippen molar-refractivity contribution in [3.8, 4) is 5.69 Å². The molecule has 2 aromatic rings. The van der Waals surface area contributed by atoms with E-state index >= 15 is 0 Å². The summed E-state index contributed by atoms with van der Waals surface area (Å²) in [6, 6.07) is 5.21. The molecule has 1 aromatic heterocycles. The van der Waals surface area contributed by atoms with E-state index in [0.29, 0.717) is 0 Å². The number of rotatable bonds is 1. The first kappa shape index (κ1) is 9.70. The van der Waals surface area contributed by atoms with E-state index in [4.69, 9.17) is 0 Å². The third-order valence-corrected chi connectivity index (χ3v) is 1.88. The highest BCUT2D eigenvalue weighted by molar-refractivity contribution is 5.41. The van der Waals surface area contributed by atoms with Crippen LogP contribution in [0.1, 0.15) is 5.56 Å². The number of hydrogen-bond acceptors (Lipinski definition) is 2. The van der Waals surface area contributed by atoms with Crippen LogP contribution in [0.3, 0.4) is 0 Å². The summed E-state index contributed by atoms with van der Waals surface area (Å²) in [6.45, 7) is 0. The largest absolute Gasteiger partial charge is 0.418 e. The van der Waals surface area contributed by atoms with Gasteiger partial charge < -0.3 is 0 Å². The third-order valence-electron chi connectivity index (χ3n) is 1.88. The number of benzene rings is 1. The Bertz CT molecular complexity index is 448. The van der Waals surface area contributed by atoms with Crippen molar-refractivity contribution in [2.24, 2.45) is 0 Å². The van der Waals surface area contributed by atoms with Gasteiger partial charge in [-0.2, -0.15) is 13.2 Å². The highest BCUT2D eigenvalue weighted by Gasteiger charge is 2.33. The summed E-state index contributed by atoms with van der Waals surface area (Å²) in [5.41, 5.74) is -0.752. The zero-order valence-electron chi connectivity index (χ0n) is 7.44. The van der Waals surface area contributed by atoms with Gasteiger partial charge in [-0.25, -0.2) is 4.68 Å². The fourth-order valence-corrected chi connectivity index (χ4v) is 1.25. The molecule has 0 aliphatic heterocycles. The lowest BCUT2D eigenvalue weighted by atomic mass is 10.2. The van der Waals surface area contributed by atoms with Gasteiger partial charge in [0.15, 0.2) is 0 Å². The van der Waals surface area contributed by atoms with Crippen LogP contribution in [0.4, 0.5) is 13.2 Å². The van der Waals surface area contributed by atoms with E-state index in [-0.39, 0.29) is 5.69 Å². The number of para-hydroxylation sites is 1. The Morgan fingerprint density at radius 2 is 1.87 bits per heavy atom. The number of alkyl halides is 3. The summed E-state index contributed by atoms with van der Waals surface area (Å²) in [7, 11) is 0. The predicted octanol–water partition coefficient (Wildman–Crippen LogP) is 2.29. The van der Waals surface area contributed by atoms with Crippen molar-refractivity contribution in [1.82, 2.24) is 15.0 Å². The zero-order valence-corrected chi connectivity index (χ0v) is 7.44. The van der Waals surface area contributed by atoms with E-state index in [0.717, 1.165) is 10.7 Å². The van der Waals surface area contributed by atoms with Crippen LogP contribution in [-0.4, -0.2) is 15.0 Å². The molecule has 0 amide bonds. The Hall–Kier alpha value is -1.85. The van der Waals surface area contributed by atoms with E-state index in [1.807, 2.05) is 0 Å². The van der Waals surface area contributed by atoms with E-state index in [1.165, 1.54) is 30.6 Å². The fourth-order valence-electron chi connectivity index (χ4n) is 1.25. The maximum absolute atomic E-state index is 12.6. The van der Waals surface area contributed by atoms with E-state index in [2.05, 4.69) is 10.3 Å². The van der Waals surface area contributed by atoms with Crippen LogP contribution in [0, 0.1) is 0 Å². The molecule has 0 aliphatic carbocycles. The van der Waals surface area contributed by atoms with Crippen LogP contribution in [0.5, 0.6) is 0 Å². The Balaban J connectivity index is 2.58. The van der Waals surface area contributed by atoms with Gasteiger partial charge in [0.1, 0.15) is 0 Å². The molecule has 0 N–H and O–H groups in total. The van der Waals surface area contributed by atoms with Crippen LogP contribution in [0.25, 0.3) is 5.69 Å². The molecule has 1 heterocycles. The first-order chi connectivity index (χ1) is 7.09. The Morgan fingerprint density at radius 3 is 2.47 bits per heavy atom. The minimum Gasteiger partial charge on any atom is -0.220 e. The Labute approximate surface area is 83.1 Å². The van der Waals surface area contributed by atoms with Crippen LogP contribution in [0.2, 0.25) is 0 Å². The summed E-state index contributed by atoms with van der Waals surface area (Å²) in [4.78, 5) is 0. The van der Waals surface area contributed by atoms with Crippen LogP contribution in [0.15, 0.2) is 36.7 Å². The molecule has 6 heteroatoms. The summed E-state index contributed by atoms with van der Waals surface area (Å²) >= 11 is 0. The van der Waals surface area contributed by atoms with Crippen LogP contribution in [-0.2, 0) is 6.18 Å². The van der Waals surface area contributed by atoms with E-state index in [9.17, 15) is 13.2 Å². The molecule has 2 rings (SSSR count). The first-order valence-corrected chi connectivity index (χ1v) is 4.12. The monoisotopic (exact) mass is 213 g/mol. The molecule has 0 unspecified atom stereocenters. The lowest BCUT2D eigenvalue weighted by molar-refractivity contribution is -0.137. The van der Waals surface area contributed by atoms with Gasteiger partial charge in [0.05, 0.1) is 23.6 Å². The third kappa shape index (κ3) is 1.83. The Kier molecular flexibility index (Phi) is 2.18. The molecule has 0 aliphatic rings. The van der Waals surface area contributed by atoms with Gasteiger partial charge in [-0.05, 0) is 12.1 Å². The normalized spacial score (nSPS) is 11.7.